The lowest BCUT2D eigenvalue weighted by Crippen LogP contribution is -2.34. The molecule has 4 rings (SSSR count). The highest BCUT2D eigenvalue weighted by Gasteiger charge is 2.24. The quantitative estimate of drug-likeness (QED) is 0.599. The molecule has 0 unspecified atom stereocenters. The van der Waals surface area contributed by atoms with Gasteiger partial charge in [-0.3, -0.25) is 9.59 Å². The Balaban J connectivity index is 1.43. The molecule has 3 aromatic rings. The third-order valence-corrected chi connectivity index (χ3v) is 6.09. The van der Waals surface area contributed by atoms with Gasteiger partial charge >= 0.3 is 0 Å². The summed E-state index contributed by atoms with van der Waals surface area (Å²) < 4.78 is 5.55. The number of carbonyl (C=O) groups is 2. The van der Waals surface area contributed by atoms with E-state index in [9.17, 15) is 9.59 Å². The van der Waals surface area contributed by atoms with Crippen molar-refractivity contribution in [2.45, 2.75) is 18.3 Å². The molecule has 0 radical (unpaired) electrons. The van der Waals surface area contributed by atoms with Crippen LogP contribution in [0.4, 0.5) is 11.4 Å². The highest BCUT2D eigenvalue weighted by molar-refractivity contribution is 8.00. The van der Waals surface area contributed by atoms with Gasteiger partial charge in [-0.1, -0.05) is 60.7 Å². The highest BCUT2D eigenvalue weighted by Crippen LogP contribution is 2.36. The molecule has 2 N–H and O–H groups in total. The summed E-state index contributed by atoms with van der Waals surface area (Å²) in [5.74, 6) is 0.594. The molecule has 1 aliphatic rings. The van der Waals surface area contributed by atoms with E-state index in [1.165, 1.54) is 0 Å². The van der Waals surface area contributed by atoms with Crippen molar-refractivity contribution in [1.82, 2.24) is 0 Å². The lowest BCUT2D eigenvalue weighted by atomic mass is 10.0. The topological polar surface area (TPSA) is 67.4 Å². The van der Waals surface area contributed by atoms with Gasteiger partial charge in [0.15, 0.2) is 6.10 Å². The summed E-state index contributed by atoms with van der Waals surface area (Å²) in [5.41, 5.74) is 3.50. The number of hydrogen-bond donors (Lipinski definition) is 2. The average molecular weight is 419 g/mol. The van der Waals surface area contributed by atoms with E-state index in [1.807, 2.05) is 36.4 Å². The van der Waals surface area contributed by atoms with Crippen LogP contribution in [0, 0.1) is 0 Å². The first-order valence-corrected chi connectivity index (χ1v) is 10.8. The van der Waals surface area contributed by atoms with Crippen LogP contribution >= 0.6 is 11.8 Å². The summed E-state index contributed by atoms with van der Waals surface area (Å²) in [5, 5.41) is 5.77. The molecule has 1 aliphatic heterocycles. The number of thioether (sulfide) groups is 1. The summed E-state index contributed by atoms with van der Waals surface area (Å²) in [7, 11) is 0. The number of anilines is 2. The molecule has 5 nitrogen and oxygen atoms in total. The zero-order valence-electron chi connectivity index (χ0n) is 16.5. The van der Waals surface area contributed by atoms with Gasteiger partial charge < -0.3 is 15.4 Å². The van der Waals surface area contributed by atoms with Gasteiger partial charge in [-0.25, -0.2) is 0 Å². The fourth-order valence-electron chi connectivity index (χ4n) is 3.28. The van der Waals surface area contributed by atoms with E-state index < -0.39 is 6.10 Å². The largest absolute Gasteiger partial charge is 0.479 e. The lowest BCUT2D eigenvalue weighted by Gasteiger charge is -2.23. The third-order valence-electron chi connectivity index (χ3n) is 4.78. The van der Waals surface area contributed by atoms with Crippen molar-refractivity contribution in [2.75, 3.05) is 16.4 Å². The molecule has 0 fully saturated rings. The molecule has 3 aromatic carbocycles. The molecule has 1 heterocycles. The summed E-state index contributed by atoms with van der Waals surface area (Å²) in [4.78, 5) is 24.4. The molecule has 6 heteroatoms. The van der Waals surface area contributed by atoms with Gasteiger partial charge in [0.2, 0.25) is 5.91 Å². The van der Waals surface area contributed by atoms with Gasteiger partial charge in [0.05, 0.1) is 16.7 Å². The number of ether oxygens (including phenoxy) is 1. The molecule has 152 valence electrons. The Labute approximate surface area is 179 Å². The van der Waals surface area contributed by atoms with Gasteiger partial charge in [-0.15, -0.1) is 11.8 Å². The second-order valence-electron chi connectivity index (χ2n) is 7.02. The van der Waals surface area contributed by atoms with Crippen LogP contribution < -0.4 is 15.4 Å². The normalized spacial score (nSPS) is 15.1. The summed E-state index contributed by atoms with van der Waals surface area (Å²) in [6.45, 7) is 1.70. The van der Waals surface area contributed by atoms with Crippen molar-refractivity contribution in [2.24, 2.45) is 0 Å². The van der Waals surface area contributed by atoms with Crippen molar-refractivity contribution in [3.8, 4) is 5.75 Å². The van der Waals surface area contributed by atoms with Gasteiger partial charge in [0.25, 0.3) is 5.91 Å². The zero-order valence-corrected chi connectivity index (χ0v) is 17.3. The maximum atomic E-state index is 12.6. The average Bonchev–Trinajstić information content (AvgIpc) is 2.76. The van der Waals surface area contributed by atoms with Crippen LogP contribution in [0.1, 0.15) is 23.3 Å². The lowest BCUT2D eigenvalue weighted by molar-refractivity contribution is -0.122. The molecule has 0 saturated carbocycles. The van der Waals surface area contributed by atoms with Crippen LogP contribution in [0.2, 0.25) is 0 Å². The number of benzene rings is 3. The number of hydrogen-bond acceptors (Lipinski definition) is 4. The molecule has 2 amide bonds. The molecule has 0 bridgehead atoms. The number of amides is 2. The Bertz CT molecular complexity index is 1000. The van der Waals surface area contributed by atoms with Gasteiger partial charge in [-0.05, 0) is 36.2 Å². The maximum Gasteiger partial charge on any atom is 0.265 e. The molecule has 30 heavy (non-hydrogen) atoms. The second-order valence-corrected chi connectivity index (χ2v) is 8.11. The van der Waals surface area contributed by atoms with Gasteiger partial charge in [0, 0.05) is 5.69 Å². The van der Waals surface area contributed by atoms with Crippen LogP contribution in [0.5, 0.6) is 5.75 Å². The predicted octanol–water partition coefficient (Wildman–Crippen LogP) is 4.87. The van der Waals surface area contributed by atoms with E-state index in [4.69, 9.17) is 4.74 Å². The Morgan fingerprint density at radius 3 is 2.30 bits per heavy atom. The Hall–Kier alpha value is -3.25. The van der Waals surface area contributed by atoms with Crippen molar-refractivity contribution in [3.05, 3.63) is 90.0 Å². The maximum absolute atomic E-state index is 12.6. The molecule has 0 aliphatic carbocycles. The Morgan fingerprint density at radius 1 is 1.03 bits per heavy atom. The minimum Gasteiger partial charge on any atom is -0.479 e. The van der Waals surface area contributed by atoms with Crippen LogP contribution in [-0.2, 0) is 9.59 Å². The van der Waals surface area contributed by atoms with E-state index in [0.717, 1.165) is 11.1 Å². The van der Waals surface area contributed by atoms with Crippen LogP contribution in [0.15, 0.2) is 78.9 Å². The fourth-order valence-corrected chi connectivity index (χ4v) is 4.37. The van der Waals surface area contributed by atoms with Crippen molar-refractivity contribution in [3.63, 3.8) is 0 Å². The van der Waals surface area contributed by atoms with Crippen molar-refractivity contribution < 1.29 is 14.3 Å². The third kappa shape index (κ3) is 4.66. The Kier molecular flexibility index (Phi) is 6.05. The van der Waals surface area contributed by atoms with Crippen molar-refractivity contribution >= 4 is 35.0 Å². The number of nitrogens with one attached hydrogen (secondary N) is 2. The van der Waals surface area contributed by atoms with E-state index in [-0.39, 0.29) is 17.1 Å². The molecular weight excluding hydrogens is 396 g/mol. The van der Waals surface area contributed by atoms with E-state index in [2.05, 4.69) is 34.9 Å². The highest BCUT2D eigenvalue weighted by atomic mass is 32.2. The molecule has 0 aromatic heterocycles. The monoisotopic (exact) mass is 418 g/mol. The summed E-state index contributed by atoms with van der Waals surface area (Å²) in [6.07, 6.45) is -0.526. The first-order chi connectivity index (χ1) is 14.6. The number of rotatable bonds is 6. The second kappa shape index (κ2) is 9.05. The summed E-state index contributed by atoms with van der Waals surface area (Å²) in [6, 6.07) is 25.6. The first kappa shape index (κ1) is 20.0. The van der Waals surface area contributed by atoms with E-state index >= 15 is 0 Å². The number of fused-ring (bicyclic) bond motifs is 1. The SMILES string of the molecule is C[C@@H]1Oc2ccc(NC(=O)CSC(c3ccccc3)c3ccccc3)cc2NC1=O. The van der Waals surface area contributed by atoms with Crippen LogP contribution in [0.3, 0.4) is 0 Å². The van der Waals surface area contributed by atoms with Gasteiger partial charge in [0.1, 0.15) is 5.75 Å². The molecule has 1 atom stereocenters. The van der Waals surface area contributed by atoms with Crippen LogP contribution in [-0.4, -0.2) is 23.7 Å². The van der Waals surface area contributed by atoms with E-state index in [0.29, 0.717) is 22.9 Å². The minimum atomic E-state index is -0.526. The Morgan fingerprint density at radius 2 is 1.67 bits per heavy atom. The minimum absolute atomic E-state index is 0.0656. The molecule has 0 saturated heterocycles. The predicted molar refractivity (Wildman–Crippen MR) is 121 cm³/mol. The standard InChI is InChI=1S/C24H22N2O3S/c1-16-24(28)26-20-14-19(12-13-21(20)29-16)25-22(27)15-30-23(17-8-4-2-5-9-17)18-10-6-3-7-11-18/h2-14,16,23H,15H2,1H3,(H,25,27)(H,26,28)/t16-/m0/s1. The van der Waals surface area contributed by atoms with E-state index in [1.54, 1.807) is 36.9 Å². The van der Waals surface area contributed by atoms with Gasteiger partial charge in [-0.2, -0.15) is 0 Å². The zero-order chi connectivity index (χ0) is 20.9. The first-order valence-electron chi connectivity index (χ1n) is 9.73. The van der Waals surface area contributed by atoms with Crippen molar-refractivity contribution in [1.29, 1.82) is 0 Å². The molecule has 0 spiro atoms. The van der Waals surface area contributed by atoms with Crippen LogP contribution in [0.25, 0.3) is 0 Å². The summed E-state index contributed by atoms with van der Waals surface area (Å²) >= 11 is 1.58. The number of carbonyl (C=O) groups excluding carboxylic acids is 2. The fraction of sp³-hybridized carbons (Fsp3) is 0.167. The smallest absolute Gasteiger partial charge is 0.265 e. The molecular formula is C24H22N2O3S.